The van der Waals surface area contributed by atoms with Crippen LogP contribution in [0.1, 0.15) is 55.8 Å². The molecular formula is C28H39ClN2O3. The highest BCUT2D eigenvalue weighted by Crippen LogP contribution is 2.40. The minimum absolute atomic E-state index is 0.112. The van der Waals surface area contributed by atoms with Crippen molar-refractivity contribution >= 4 is 17.3 Å². The largest absolute Gasteiger partial charge is 0.495 e. The number of aliphatic hydroxyl groups excluding tert-OH is 1. The molecule has 0 radical (unpaired) electrons. The smallest absolute Gasteiger partial charge is 0.139 e. The highest BCUT2D eigenvalue weighted by molar-refractivity contribution is 6.32. The number of anilines is 1. The van der Waals surface area contributed by atoms with Crippen molar-refractivity contribution in [2.24, 2.45) is 5.41 Å². The lowest BCUT2D eigenvalue weighted by Gasteiger charge is -2.49. The summed E-state index contributed by atoms with van der Waals surface area (Å²) in [5.41, 5.74) is 4.90. The van der Waals surface area contributed by atoms with Gasteiger partial charge in [0, 0.05) is 48.9 Å². The van der Waals surface area contributed by atoms with Crippen LogP contribution in [0.3, 0.4) is 0 Å². The second-order valence-electron chi connectivity index (χ2n) is 10.6. The van der Waals surface area contributed by atoms with Crippen LogP contribution in [0.15, 0.2) is 30.3 Å². The van der Waals surface area contributed by atoms with Gasteiger partial charge in [-0.05, 0) is 68.0 Å². The Hall–Kier alpha value is -1.95. The molecule has 5 nitrogen and oxygen atoms in total. The third-order valence-corrected chi connectivity index (χ3v) is 7.94. The van der Waals surface area contributed by atoms with Gasteiger partial charge in [0.05, 0.1) is 25.3 Å². The van der Waals surface area contributed by atoms with E-state index in [1.165, 1.54) is 41.6 Å². The number of fused-ring (bicyclic) bond motifs is 1. The molecule has 0 bridgehead atoms. The zero-order valence-corrected chi connectivity index (χ0v) is 22.0. The number of hydrogen-bond donors (Lipinski definition) is 1. The first-order valence-corrected chi connectivity index (χ1v) is 12.8. The molecule has 4 rings (SSSR count). The van der Waals surface area contributed by atoms with Gasteiger partial charge in [-0.2, -0.15) is 0 Å². The lowest BCUT2D eigenvalue weighted by atomic mass is 9.86. The maximum atomic E-state index is 9.55. The van der Waals surface area contributed by atoms with Gasteiger partial charge in [-0.25, -0.2) is 0 Å². The van der Waals surface area contributed by atoms with Gasteiger partial charge in [0.15, 0.2) is 0 Å². The van der Waals surface area contributed by atoms with Crippen LogP contribution in [0.2, 0.25) is 5.02 Å². The summed E-state index contributed by atoms with van der Waals surface area (Å²) in [5.74, 6) is 1.66. The number of ether oxygens (including phenoxy) is 2. The van der Waals surface area contributed by atoms with E-state index < -0.39 is 0 Å². The van der Waals surface area contributed by atoms with Gasteiger partial charge in [0.25, 0.3) is 0 Å². The number of hydrogen-bond acceptors (Lipinski definition) is 5. The maximum Gasteiger partial charge on any atom is 0.139 e. The number of piperazine rings is 1. The fraction of sp³-hybridized carbons (Fsp3) is 0.571. The average Bonchev–Trinajstić information content (AvgIpc) is 2.84. The summed E-state index contributed by atoms with van der Waals surface area (Å²) in [4.78, 5) is 5.20. The second-order valence-corrected chi connectivity index (χ2v) is 11.0. The molecule has 34 heavy (non-hydrogen) atoms. The van der Waals surface area contributed by atoms with E-state index in [1.807, 2.05) is 19.9 Å². The van der Waals surface area contributed by atoms with E-state index in [0.717, 1.165) is 31.1 Å². The van der Waals surface area contributed by atoms with Crippen LogP contribution in [-0.4, -0.2) is 56.0 Å². The zero-order valence-electron chi connectivity index (χ0n) is 21.2. The molecule has 6 heteroatoms. The third-order valence-electron chi connectivity index (χ3n) is 7.63. The quantitative estimate of drug-likeness (QED) is 0.537. The van der Waals surface area contributed by atoms with E-state index in [9.17, 15) is 5.11 Å². The van der Waals surface area contributed by atoms with Gasteiger partial charge in [0.2, 0.25) is 0 Å². The number of aliphatic hydroxyl groups is 1. The van der Waals surface area contributed by atoms with Gasteiger partial charge >= 0.3 is 0 Å². The molecule has 0 aromatic heterocycles. The van der Waals surface area contributed by atoms with E-state index in [-0.39, 0.29) is 12.0 Å². The van der Waals surface area contributed by atoms with Gasteiger partial charge in [-0.3, -0.25) is 4.90 Å². The Labute approximate surface area is 209 Å². The summed E-state index contributed by atoms with van der Waals surface area (Å²) in [6.07, 6.45) is 3.67. The van der Waals surface area contributed by atoms with Crippen LogP contribution in [0.5, 0.6) is 11.5 Å². The van der Waals surface area contributed by atoms with E-state index in [2.05, 4.69) is 47.9 Å². The predicted octanol–water partition coefficient (Wildman–Crippen LogP) is 5.78. The fourth-order valence-corrected chi connectivity index (χ4v) is 5.51. The van der Waals surface area contributed by atoms with E-state index in [1.54, 1.807) is 7.11 Å². The summed E-state index contributed by atoms with van der Waals surface area (Å²) in [6, 6.07) is 11.5. The fourth-order valence-electron chi connectivity index (χ4n) is 5.32. The topological polar surface area (TPSA) is 45.2 Å². The van der Waals surface area contributed by atoms with Crippen LogP contribution >= 0.6 is 11.6 Å². The van der Waals surface area contributed by atoms with Gasteiger partial charge in [-0.1, -0.05) is 31.5 Å². The van der Waals surface area contributed by atoms with E-state index in [0.29, 0.717) is 23.7 Å². The Morgan fingerprint density at radius 1 is 1.06 bits per heavy atom. The molecule has 0 spiro atoms. The SMILES string of the molecule is COc1cc(N2CCN3C(CCC[C@@H]3c3ccc(OCC(C)(C)CO)c(C)c3C)C2)ccc1Cl. The Morgan fingerprint density at radius 2 is 1.85 bits per heavy atom. The van der Waals surface area contributed by atoms with Crippen molar-refractivity contribution in [2.75, 3.05) is 44.9 Å². The first-order valence-electron chi connectivity index (χ1n) is 12.4. The van der Waals surface area contributed by atoms with Gasteiger partial charge < -0.3 is 19.5 Å². The number of methoxy groups -OCH3 is 1. The zero-order chi connectivity index (χ0) is 24.5. The van der Waals surface area contributed by atoms with Crippen molar-refractivity contribution in [1.82, 2.24) is 4.90 Å². The molecule has 2 aromatic rings. The molecule has 2 fully saturated rings. The van der Waals surface area contributed by atoms with Crippen LogP contribution < -0.4 is 14.4 Å². The molecule has 2 atom stereocenters. The van der Waals surface area contributed by atoms with Crippen LogP contribution in [0.25, 0.3) is 0 Å². The van der Waals surface area contributed by atoms with Crippen LogP contribution in [0, 0.1) is 19.3 Å². The number of nitrogens with zero attached hydrogens (tertiary/aromatic N) is 2. The van der Waals surface area contributed by atoms with E-state index >= 15 is 0 Å². The molecule has 186 valence electrons. The second kappa shape index (κ2) is 10.3. The number of rotatable bonds is 7. The average molecular weight is 487 g/mol. The monoisotopic (exact) mass is 486 g/mol. The third kappa shape index (κ3) is 5.17. The molecule has 0 saturated carbocycles. The molecule has 2 heterocycles. The molecular weight excluding hydrogens is 448 g/mol. The highest BCUT2D eigenvalue weighted by Gasteiger charge is 2.36. The van der Waals surface area contributed by atoms with E-state index in [4.69, 9.17) is 21.1 Å². The normalized spacial score (nSPS) is 21.3. The van der Waals surface area contributed by atoms with Crippen molar-refractivity contribution < 1.29 is 14.6 Å². The van der Waals surface area contributed by atoms with Crippen LogP contribution in [-0.2, 0) is 0 Å². The number of piperidine rings is 1. The molecule has 0 amide bonds. The van der Waals surface area contributed by atoms with Crippen molar-refractivity contribution in [3.8, 4) is 11.5 Å². The molecule has 2 aliphatic rings. The molecule has 2 aliphatic heterocycles. The maximum absolute atomic E-state index is 9.55. The summed E-state index contributed by atoms with van der Waals surface area (Å²) in [6.45, 7) is 12.1. The Morgan fingerprint density at radius 3 is 2.59 bits per heavy atom. The Bertz CT molecular complexity index is 1010. The molecule has 1 N–H and O–H groups in total. The predicted molar refractivity (Wildman–Crippen MR) is 140 cm³/mol. The van der Waals surface area contributed by atoms with Crippen molar-refractivity contribution in [2.45, 2.75) is 59.0 Å². The lowest BCUT2D eigenvalue weighted by molar-refractivity contribution is 0.0711. The van der Waals surface area contributed by atoms with Gasteiger partial charge in [0.1, 0.15) is 11.5 Å². The summed E-state index contributed by atoms with van der Waals surface area (Å²) >= 11 is 6.25. The van der Waals surface area contributed by atoms with Crippen molar-refractivity contribution in [3.63, 3.8) is 0 Å². The van der Waals surface area contributed by atoms with Crippen LogP contribution in [0.4, 0.5) is 5.69 Å². The minimum atomic E-state index is -0.247. The standard InChI is InChI=1S/C28H39ClN2O3/c1-19-20(2)26(34-18-28(3,4)17-32)12-10-23(19)25-8-6-7-22-16-30(13-14-31(22)25)21-9-11-24(29)27(15-21)33-5/h9-12,15,22,25,32H,6-8,13-14,16-18H2,1-5H3/t22?,25-/m1/s1. The number of halogens is 1. The van der Waals surface area contributed by atoms with Crippen molar-refractivity contribution in [3.05, 3.63) is 52.0 Å². The summed E-state index contributed by atoms with van der Waals surface area (Å²) in [5, 5.41) is 10.2. The first kappa shape index (κ1) is 25.2. The molecule has 2 saturated heterocycles. The number of benzene rings is 2. The molecule has 0 aliphatic carbocycles. The lowest BCUT2D eigenvalue weighted by Crippen LogP contribution is -2.56. The summed E-state index contributed by atoms with van der Waals surface area (Å²) < 4.78 is 11.6. The van der Waals surface area contributed by atoms with Crippen molar-refractivity contribution in [1.29, 1.82) is 0 Å². The first-order chi connectivity index (χ1) is 16.2. The highest BCUT2D eigenvalue weighted by atomic mass is 35.5. The van der Waals surface area contributed by atoms with Gasteiger partial charge in [-0.15, -0.1) is 0 Å². The Kier molecular flexibility index (Phi) is 7.66. The molecule has 2 aromatic carbocycles. The molecule has 1 unspecified atom stereocenters. The Balaban J connectivity index is 1.50. The minimum Gasteiger partial charge on any atom is -0.495 e. The summed E-state index contributed by atoms with van der Waals surface area (Å²) in [7, 11) is 1.67.